The minimum atomic E-state index is -0.530. The molecule has 0 radical (unpaired) electrons. The van der Waals surface area contributed by atoms with Crippen LogP contribution in [0.15, 0.2) is 30.3 Å². The van der Waals surface area contributed by atoms with Crippen molar-refractivity contribution in [1.29, 1.82) is 0 Å². The summed E-state index contributed by atoms with van der Waals surface area (Å²) >= 11 is 6.01. The van der Waals surface area contributed by atoms with Crippen LogP contribution >= 0.6 is 11.6 Å². The van der Waals surface area contributed by atoms with Gasteiger partial charge in [0.15, 0.2) is 5.82 Å². The molecule has 1 aromatic carbocycles. The lowest BCUT2D eigenvalue weighted by atomic mass is 10.2. The number of ether oxygens (including phenoxy) is 1. The number of aromatic nitrogens is 2. The maximum Gasteiger partial charge on any atom is 0.342 e. The zero-order valence-corrected chi connectivity index (χ0v) is 10.7. The molecule has 18 heavy (non-hydrogen) atoms. The van der Waals surface area contributed by atoms with Crippen LogP contribution in [0.5, 0.6) is 0 Å². The number of carbonyl (C=O) groups excluding carboxylic acids is 1. The Balaban J connectivity index is 2.53. The third kappa shape index (κ3) is 2.33. The maximum atomic E-state index is 11.5. The Morgan fingerprint density at radius 1 is 1.22 bits per heavy atom. The lowest BCUT2D eigenvalue weighted by Gasteiger charge is -2.07. The molecule has 1 aromatic heterocycles. The quantitative estimate of drug-likeness (QED) is 0.617. The maximum absolute atomic E-state index is 11.5. The number of methoxy groups -OCH3 is 1. The van der Waals surface area contributed by atoms with Crippen molar-refractivity contribution in [2.45, 2.75) is 6.92 Å². The average Bonchev–Trinajstić information content (AvgIpc) is 2.38. The Morgan fingerprint density at radius 2 is 1.89 bits per heavy atom. The molecule has 0 unspecified atom stereocenters. The van der Waals surface area contributed by atoms with E-state index in [0.29, 0.717) is 11.5 Å². The Morgan fingerprint density at radius 3 is 2.44 bits per heavy atom. The first-order valence-electron chi connectivity index (χ1n) is 5.31. The van der Waals surface area contributed by atoms with Gasteiger partial charge in [0.25, 0.3) is 0 Å². The van der Waals surface area contributed by atoms with Gasteiger partial charge in [0.1, 0.15) is 10.7 Å². The minimum Gasteiger partial charge on any atom is -0.465 e. The number of rotatable bonds is 2. The fourth-order valence-electron chi connectivity index (χ4n) is 1.59. The van der Waals surface area contributed by atoms with Crippen molar-refractivity contribution in [2.75, 3.05) is 7.11 Å². The van der Waals surface area contributed by atoms with Gasteiger partial charge in [0.2, 0.25) is 0 Å². The molecule has 4 nitrogen and oxygen atoms in total. The lowest BCUT2D eigenvalue weighted by Crippen LogP contribution is -2.08. The number of benzene rings is 1. The molecule has 5 heteroatoms. The molecule has 0 saturated carbocycles. The van der Waals surface area contributed by atoms with E-state index < -0.39 is 5.97 Å². The SMILES string of the molecule is COC(=O)c1c(C)nc(-c2ccccc2)nc1Cl. The number of hydrogen-bond acceptors (Lipinski definition) is 4. The molecule has 0 atom stereocenters. The van der Waals surface area contributed by atoms with Crippen LogP contribution < -0.4 is 0 Å². The molecule has 0 aliphatic carbocycles. The smallest absolute Gasteiger partial charge is 0.342 e. The fraction of sp³-hybridized carbons (Fsp3) is 0.154. The van der Waals surface area contributed by atoms with Crippen molar-refractivity contribution in [3.8, 4) is 11.4 Å². The van der Waals surface area contributed by atoms with E-state index in [0.717, 1.165) is 5.56 Å². The molecule has 1 heterocycles. The summed E-state index contributed by atoms with van der Waals surface area (Å²) in [5.74, 6) is -0.0390. The van der Waals surface area contributed by atoms with Gasteiger partial charge in [-0.2, -0.15) is 0 Å². The molecule has 0 saturated heterocycles. The van der Waals surface area contributed by atoms with E-state index in [1.165, 1.54) is 7.11 Å². The van der Waals surface area contributed by atoms with Crippen LogP contribution in [0.4, 0.5) is 0 Å². The van der Waals surface area contributed by atoms with E-state index >= 15 is 0 Å². The van der Waals surface area contributed by atoms with Gasteiger partial charge in [-0.15, -0.1) is 0 Å². The van der Waals surface area contributed by atoms with Crippen LogP contribution in [0.2, 0.25) is 5.15 Å². The van der Waals surface area contributed by atoms with E-state index in [1.807, 2.05) is 30.3 Å². The summed E-state index contributed by atoms with van der Waals surface area (Å²) in [6.45, 7) is 1.70. The van der Waals surface area contributed by atoms with Crippen LogP contribution in [0.1, 0.15) is 16.1 Å². The third-order valence-corrected chi connectivity index (χ3v) is 2.74. The van der Waals surface area contributed by atoms with Crippen molar-refractivity contribution in [3.05, 3.63) is 46.7 Å². The lowest BCUT2D eigenvalue weighted by molar-refractivity contribution is 0.0599. The van der Waals surface area contributed by atoms with Gasteiger partial charge in [0, 0.05) is 5.56 Å². The van der Waals surface area contributed by atoms with Crippen LogP contribution in [0, 0.1) is 6.92 Å². The van der Waals surface area contributed by atoms with E-state index in [1.54, 1.807) is 6.92 Å². The van der Waals surface area contributed by atoms with E-state index in [2.05, 4.69) is 14.7 Å². The second-order valence-corrected chi connectivity index (χ2v) is 4.01. The second kappa shape index (κ2) is 5.14. The van der Waals surface area contributed by atoms with Gasteiger partial charge >= 0.3 is 5.97 Å². The van der Waals surface area contributed by atoms with E-state index in [-0.39, 0.29) is 10.7 Å². The highest BCUT2D eigenvalue weighted by molar-refractivity contribution is 6.32. The number of nitrogens with zero attached hydrogens (tertiary/aromatic N) is 2. The molecular weight excluding hydrogens is 252 g/mol. The van der Waals surface area contributed by atoms with Crippen LogP contribution in [0.25, 0.3) is 11.4 Å². The van der Waals surface area contributed by atoms with Crippen molar-refractivity contribution in [2.24, 2.45) is 0 Å². The summed E-state index contributed by atoms with van der Waals surface area (Å²) < 4.78 is 4.64. The highest BCUT2D eigenvalue weighted by atomic mass is 35.5. The van der Waals surface area contributed by atoms with Gasteiger partial charge in [-0.1, -0.05) is 41.9 Å². The van der Waals surface area contributed by atoms with Crippen LogP contribution in [0.3, 0.4) is 0 Å². The van der Waals surface area contributed by atoms with Crippen molar-refractivity contribution in [3.63, 3.8) is 0 Å². The number of hydrogen-bond donors (Lipinski definition) is 0. The van der Waals surface area contributed by atoms with Gasteiger partial charge in [-0.05, 0) is 6.92 Å². The first kappa shape index (κ1) is 12.5. The number of halogens is 1. The molecule has 0 fully saturated rings. The van der Waals surface area contributed by atoms with Gasteiger partial charge < -0.3 is 4.74 Å². The molecule has 0 N–H and O–H groups in total. The number of aryl methyl sites for hydroxylation is 1. The molecule has 0 bridgehead atoms. The summed E-state index contributed by atoms with van der Waals surface area (Å²) in [7, 11) is 1.29. The Labute approximate surface area is 110 Å². The second-order valence-electron chi connectivity index (χ2n) is 3.66. The largest absolute Gasteiger partial charge is 0.465 e. The fourth-order valence-corrected chi connectivity index (χ4v) is 1.88. The number of carbonyl (C=O) groups is 1. The molecule has 2 aromatic rings. The average molecular weight is 263 g/mol. The molecule has 0 aliphatic rings. The third-order valence-electron chi connectivity index (χ3n) is 2.47. The van der Waals surface area contributed by atoms with E-state index in [4.69, 9.17) is 11.6 Å². The molecule has 0 amide bonds. The Kier molecular flexibility index (Phi) is 3.58. The summed E-state index contributed by atoms with van der Waals surface area (Å²) in [6.07, 6.45) is 0. The van der Waals surface area contributed by atoms with Crippen molar-refractivity contribution < 1.29 is 9.53 Å². The summed E-state index contributed by atoms with van der Waals surface area (Å²) in [5.41, 5.74) is 1.55. The standard InChI is InChI=1S/C13H11ClN2O2/c1-8-10(13(17)18-2)11(14)16-12(15-8)9-6-4-3-5-7-9/h3-7H,1-2H3. The van der Waals surface area contributed by atoms with Gasteiger partial charge in [-0.3, -0.25) is 0 Å². The molecule has 0 aliphatic heterocycles. The van der Waals surface area contributed by atoms with Gasteiger partial charge in [-0.25, -0.2) is 14.8 Å². The highest BCUT2D eigenvalue weighted by Crippen LogP contribution is 2.22. The normalized spacial score (nSPS) is 10.2. The zero-order valence-electron chi connectivity index (χ0n) is 9.98. The van der Waals surface area contributed by atoms with Crippen molar-refractivity contribution in [1.82, 2.24) is 9.97 Å². The molecule has 92 valence electrons. The van der Waals surface area contributed by atoms with Crippen LogP contribution in [-0.4, -0.2) is 23.0 Å². The van der Waals surface area contributed by atoms with E-state index in [9.17, 15) is 4.79 Å². The molecule has 0 spiro atoms. The first-order chi connectivity index (χ1) is 8.63. The Hall–Kier alpha value is -1.94. The summed E-state index contributed by atoms with van der Waals surface area (Å²) in [5, 5.41) is 0.105. The zero-order chi connectivity index (χ0) is 13.1. The summed E-state index contributed by atoms with van der Waals surface area (Å²) in [6, 6.07) is 9.43. The Bertz CT molecular complexity index is 562. The minimum absolute atomic E-state index is 0.105. The van der Waals surface area contributed by atoms with Crippen molar-refractivity contribution >= 4 is 17.6 Å². The van der Waals surface area contributed by atoms with Crippen LogP contribution in [-0.2, 0) is 4.74 Å². The number of esters is 1. The molecular formula is C13H11ClN2O2. The summed E-state index contributed by atoms with van der Waals surface area (Å²) in [4.78, 5) is 19.9. The molecule has 2 rings (SSSR count). The van der Waals surface area contributed by atoms with Gasteiger partial charge in [0.05, 0.1) is 12.8 Å². The predicted molar refractivity (Wildman–Crippen MR) is 68.6 cm³/mol. The predicted octanol–water partition coefficient (Wildman–Crippen LogP) is 2.89. The highest BCUT2D eigenvalue weighted by Gasteiger charge is 2.18. The monoisotopic (exact) mass is 262 g/mol. The topological polar surface area (TPSA) is 52.1 Å². The first-order valence-corrected chi connectivity index (χ1v) is 5.69.